The van der Waals surface area contributed by atoms with Crippen molar-refractivity contribution in [1.82, 2.24) is 24.7 Å². The number of hydrogen-bond donors (Lipinski definition) is 1. The van der Waals surface area contributed by atoms with Crippen LogP contribution in [0.4, 0.5) is 0 Å². The first-order valence-electron chi connectivity index (χ1n) is 10.5. The van der Waals surface area contributed by atoms with Gasteiger partial charge in [-0.05, 0) is 94.2 Å². The number of benzene rings is 1. The highest BCUT2D eigenvalue weighted by Crippen LogP contribution is 2.39. The fourth-order valence-electron chi connectivity index (χ4n) is 4.17. The molecule has 1 fully saturated rings. The maximum atomic E-state index is 6.28. The van der Waals surface area contributed by atoms with Gasteiger partial charge in [0.1, 0.15) is 0 Å². The zero-order chi connectivity index (χ0) is 22.0. The van der Waals surface area contributed by atoms with Crippen molar-refractivity contribution in [3.8, 4) is 5.69 Å². The van der Waals surface area contributed by atoms with E-state index in [9.17, 15) is 0 Å². The number of thiocarbonyl (C=S) groups is 1. The van der Waals surface area contributed by atoms with E-state index in [0.29, 0.717) is 0 Å². The molecule has 0 aliphatic carbocycles. The lowest BCUT2D eigenvalue weighted by Gasteiger charge is -2.29. The molecule has 1 aliphatic rings. The van der Waals surface area contributed by atoms with Crippen LogP contribution in [0.15, 0.2) is 60.9 Å². The number of pyridine rings is 1. The summed E-state index contributed by atoms with van der Waals surface area (Å²) >= 11 is 12.1. The first-order chi connectivity index (χ1) is 15.0. The Kier molecular flexibility index (Phi) is 6.60. The monoisotopic (exact) mass is 453 g/mol. The molecule has 2 atom stereocenters. The molecule has 1 N–H and O–H groups in total. The van der Waals surface area contributed by atoms with Gasteiger partial charge in [0.15, 0.2) is 5.11 Å². The molecule has 0 radical (unpaired) electrons. The highest BCUT2D eigenvalue weighted by molar-refractivity contribution is 7.80. The summed E-state index contributed by atoms with van der Waals surface area (Å²) in [5, 5.41) is 5.10. The van der Waals surface area contributed by atoms with E-state index in [1.165, 1.54) is 5.69 Å². The standard InChI is InChI=1S/C24H28ClN5S/c1-17-16-18(10-11-19(17)25)29-14-6-9-21(29)23-22(20-8-4-5-12-26-20)27-24(31)30(23)15-7-13-28(2)3/h4-6,8-12,14,16,22-23H,7,13,15H2,1-3H3,(H,27,31). The second-order valence-electron chi connectivity index (χ2n) is 8.21. The van der Waals surface area contributed by atoms with Crippen LogP contribution in [0.5, 0.6) is 0 Å². The maximum Gasteiger partial charge on any atom is 0.170 e. The molecule has 2 unspecified atom stereocenters. The Bertz CT molecular complexity index is 1050. The lowest BCUT2D eigenvalue weighted by molar-refractivity contribution is 0.286. The Morgan fingerprint density at radius 1 is 1.16 bits per heavy atom. The van der Waals surface area contributed by atoms with Gasteiger partial charge in [-0.2, -0.15) is 0 Å². The molecule has 0 bridgehead atoms. The summed E-state index contributed by atoms with van der Waals surface area (Å²) in [6.07, 6.45) is 4.97. The second kappa shape index (κ2) is 9.39. The number of rotatable bonds is 7. The summed E-state index contributed by atoms with van der Waals surface area (Å²) < 4.78 is 2.23. The third-order valence-electron chi connectivity index (χ3n) is 5.71. The molecule has 31 heavy (non-hydrogen) atoms. The van der Waals surface area contributed by atoms with Crippen molar-refractivity contribution in [2.45, 2.75) is 25.4 Å². The van der Waals surface area contributed by atoms with Gasteiger partial charge in [0.05, 0.1) is 17.8 Å². The Morgan fingerprint density at radius 3 is 2.71 bits per heavy atom. The van der Waals surface area contributed by atoms with Crippen molar-refractivity contribution in [1.29, 1.82) is 0 Å². The summed E-state index contributed by atoms with van der Waals surface area (Å²) in [5.41, 5.74) is 4.32. The molecule has 3 heterocycles. The van der Waals surface area contributed by atoms with Gasteiger partial charge in [0.25, 0.3) is 0 Å². The van der Waals surface area contributed by atoms with Crippen LogP contribution in [0.25, 0.3) is 5.69 Å². The van der Waals surface area contributed by atoms with E-state index >= 15 is 0 Å². The number of aryl methyl sites for hydroxylation is 1. The van der Waals surface area contributed by atoms with Gasteiger partial charge in [-0.15, -0.1) is 0 Å². The van der Waals surface area contributed by atoms with E-state index in [0.717, 1.165) is 46.6 Å². The van der Waals surface area contributed by atoms with Gasteiger partial charge in [0.2, 0.25) is 0 Å². The minimum atomic E-state index is -0.0184. The fourth-order valence-corrected chi connectivity index (χ4v) is 4.62. The first-order valence-corrected chi connectivity index (χ1v) is 11.3. The van der Waals surface area contributed by atoms with E-state index in [1.54, 1.807) is 0 Å². The smallest absolute Gasteiger partial charge is 0.170 e. The van der Waals surface area contributed by atoms with Crippen molar-refractivity contribution in [3.05, 3.63) is 82.9 Å². The Balaban J connectivity index is 1.74. The summed E-state index contributed by atoms with van der Waals surface area (Å²) in [5.74, 6) is 0. The first kappa shape index (κ1) is 21.8. The van der Waals surface area contributed by atoms with Gasteiger partial charge in [-0.1, -0.05) is 17.7 Å². The van der Waals surface area contributed by atoms with Gasteiger partial charge in [-0.25, -0.2) is 0 Å². The van der Waals surface area contributed by atoms with Crippen molar-refractivity contribution in [2.24, 2.45) is 0 Å². The van der Waals surface area contributed by atoms with Crippen LogP contribution in [-0.4, -0.2) is 51.6 Å². The van der Waals surface area contributed by atoms with E-state index < -0.39 is 0 Å². The van der Waals surface area contributed by atoms with Gasteiger partial charge < -0.3 is 19.7 Å². The SMILES string of the molecule is Cc1cc(-n2cccc2C2C(c3ccccn3)NC(=S)N2CCCN(C)C)ccc1Cl. The predicted octanol–water partition coefficient (Wildman–Crippen LogP) is 4.76. The summed E-state index contributed by atoms with van der Waals surface area (Å²) in [6, 6.07) is 16.5. The minimum absolute atomic E-state index is 0.0184. The average molecular weight is 454 g/mol. The van der Waals surface area contributed by atoms with E-state index in [1.807, 2.05) is 31.3 Å². The molecular weight excluding hydrogens is 426 g/mol. The Morgan fingerprint density at radius 2 is 2.00 bits per heavy atom. The minimum Gasteiger partial charge on any atom is -0.352 e. The number of nitrogens with one attached hydrogen (secondary N) is 1. The molecular formula is C24H28ClN5S. The number of hydrogen-bond acceptors (Lipinski definition) is 3. The van der Waals surface area contributed by atoms with Crippen molar-refractivity contribution in [3.63, 3.8) is 0 Å². The van der Waals surface area contributed by atoms with Crippen molar-refractivity contribution >= 4 is 28.9 Å². The zero-order valence-electron chi connectivity index (χ0n) is 18.1. The maximum absolute atomic E-state index is 6.28. The molecule has 7 heteroatoms. The number of halogens is 1. The molecule has 0 amide bonds. The molecule has 1 aromatic carbocycles. The quantitative estimate of drug-likeness (QED) is 0.522. The molecule has 2 aromatic heterocycles. The zero-order valence-corrected chi connectivity index (χ0v) is 19.7. The van der Waals surface area contributed by atoms with E-state index in [4.69, 9.17) is 23.8 Å². The predicted molar refractivity (Wildman–Crippen MR) is 131 cm³/mol. The molecule has 3 aromatic rings. The third-order valence-corrected chi connectivity index (χ3v) is 6.48. The van der Waals surface area contributed by atoms with E-state index in [-0.39, 0.29) is 12.1 Å². The van der Waals surface area contributed by atoms with E-state index in [2.05, 4.69) is 75.3 Å². The van der Waals surface area contributed by atoms with Gasteiger partial charge in [-0.3, -0.25) is 4.98 Å². The Labute approximate surface area is 194 Å². The van der Waals surface area contributed by atoms with Gasteiger partial charge in [0, 0.05) is 35.3 Å². The largest absolute Gasteiger partial charge is 0.352 e. The highest BCUT2D eigenvalue weighted by atomic mass is 35.5. The normalized spacial score (nSPS) is 18.6. The fraction of sp³-hybridized carbons (Fsp3) is 0.333. The third kappa shape index (κ3) is 4.61. The van der Waals surface area contributed by atoms with Crippen molar-refractivity contribution in [2.75, 3.05) is 27.2 Å². The Hall–Kier alpha value is -2.41. The lowest BCUT2D eigenvalue weighted by atomic mass is 10.0. The lowest BCUT2D eigenvalue weighted by Crippen LogP contribution is -2.33. The number of nitrogens with zero attached hydrogens (tertiary/aromatic N) is 4. The van der Waals surface area contributed by atoms with Crippen LogP contribution in [0, 0.1) is 6.92 Å². The molecule has 4 rings (SSSR count). The highest BCUT2D eigenvalue weighted by Gasteiger charge is 2.40. The second-order valence-corrected chi connectivity index (χ2v) is 9.01. The van der Waals surface area contributed by atoms with Crippen LogP contribution in [0.2, 0.25) is 5.02 Å². The van der Waals surface area contributed by atoms with Crippen LogP contribution in [0.1, 0.15) is 35.5 Å². The summed E-state index contributed by atoms with van der Waals surface area (Å²) in [4.78, 5) is 9.16. The van der Waals surface area contributed by atoms with Crippen molar-refractivity contribution < 1.29 is 0 Å². The van der Waals surface area contributed by atoms with Crippen LogP contribution >= 0.6 is 23.8 Å². The van der Waals surface area contributed by atoms with Crippen LogP contribution < -0.4 is 5.32 Å². The summed E-state index contributed by atoms with van der Waals surface area (Å²) in [6.45, 7) is 3.92. The average Bonchev–Trinajstić information content (AvgIpc) is 3.35. The molecule has 0 saturated carbocycles. The summed E-state index contributed by atoms with van der Waals surface area (Å²) in [7, 11) is 4.20. The van der Waals surface area contributed by atoms with Crippen LogP contribution in [0.3, 0.4) is 0 Å². The molecule has 1 aliphatic heterocycles. The topological polar surface area (TPSA) is 36.3 Å². The van der Waals surface area contributed by atoms with Crippen LogP contribution in [-0.2, 0) is 0 Å². The number of aromatic nitrogens is 2. The molecule has 1 saturated heterocycles. The molecule has 162 valence electrons. The van der Waals surface area contributed by atoms with Gasteiger partial charge >= 0.3 is 0 Å². The molecule has 5 nitrogen and oxygen atoms in total. The molecule has 0 spiro atoms.